The molecule has 1 unspecified atom stereocenters. The van der Waals surface area contributed by atoms with Crippen molar-refractivity contribution in [3.63, 3.8) is 0 Å². The molecule has 1 aromatic heterocycles. The van der Waals surface area contributed by atoms with Crippen molar-refractivity contribution in [1.82, 2.24) is 9.88 Å². The summed E-state index contributed by atoms with van der Waals surface area (Å²) in [7, 11) is 3.30. The number of carboxylic acid groups (broad SMARTS) is 1. The molecule has 1 aliphatic rings. The van der Waals surface area contributed by atoms with Crippen molar-refractivity contribution in [3.05, 3.63) is 66.0 Å². The summed E-state index contributed by atoms with van der Waals surface area (Å²) in [4.78, 5) is 18.0. The van der Waals surface area contributed by atoms with Crippen molar-refractivity contribution in [2.24, 2.45) is 5.92 Å². The van der Waals surface area contributed by atoms with Crippen LogP contribution in [0.5, 0.6) is 11.5 Å². The molecule has 6 heteroatoms. The van der Waals surface area contributed by atoms with Crippen LogP contribution < -0.4 is 9.47 Å². The van der Waals surface area contributed by atoms with E-state index in [0.29, 0.717) is 25.9 Å². The maximum atomic E-state index is 11.4. The fourth-order valence-electron chi connectivity index (χ4n) is 4.31. The van der Waals surface area contributed by atoms with Crippen molar-refractivity contribution in [2.45, 2.75) is 18.9 Å². The molecule has 0 amide bonds. The van der Waals surface area contributed by atoms with Gasteiger partial charge in [-0.15, -0.1) is 0 Å². The fourth-order valence-corrected chi connectivity index (χ4v) is 4.31. The Morgan fingerprint density at radius 2 is 1.87 bits per heavy atom. The van der Waals surface area contributed by atoms with Gasteiger partial charge in [-0.25, -0.2) is 0 Å². The molecule has 1 atom stereocenters. The second kappa shape index (κ2) is 8.71. The lowest BCUT2D eigenvalue weighted by Gasteiger charge is -2.37. The minimum atomic E-state index is -0.702. The summed E-state index contributed by atoms with van der Waals surface area (Å²) in [6.07, 6.45) is 4.94. The van der Waals surface area contributed by atoms with E-state index in [4.69, 9.17) is 9.47 Å². The fraction of sp³-hybridized carbons (Fsp3) is 0.333. The SMILES string of the molecule is COc1ccc(C(c2ccc3cnccc3c2)N2CCC(C(=O)O)CC2)c(OC)c1. The number of ether oxygens (including phenoxy) is 2. The number of carboxylic acids is 1. The Kier molecular flexibility index (Phi) is 5.86. The van der Waals surface area contributed by atoms with Gasteiger partial charge in [-0.3, -0.25) is 14.7 Å². The molecule has 6 nitrogen and oxygen atoms in total. The molecule has 0 aliphatic carbocycles. The number of rotatable bonds is 6. The van der Waals surface area contributed by atoms with Crippen molar-refractivity contribution in [1.29, 1.82) is 0 Å². The zero-order valence-corrected chi connectivity index (χ0v) is 17.2. The number of piperidine rings is 1. The van der Waals surface area contributed by atoms with Gasteiger partial charge in [0.05, 0.1) is 26.2 Å². The van der Waals surface area contributed by atoms with Gasteiger partial charge in [0.15, 0.2) is 0 Å². The Hall–Kier alpha value is -3.12. The van der Waals surface area contributed by atoms with Crippen LogP contribution in [0.4, 0.5) is 0 Å². The van der Waals surface area contributed by atoms with Crippen LogP contribution in [0.2, 0.25) is 0 Å². The standard InChI is InChI=1S/C24H26N2O4/c1-29-20-5-6-21(22(14-20)30-2)23(26-11-8-16(9-12-26)24(27)28)18-3-4-19-15-25-10-7-17(19)13-18/h3-7,10,13-16,23H,8-9,11-12H2,1-2H3,(H,27,28). The number of aromatic nitrogens is 1. The summed E-state index contributed by atoms with van der Waals surface area (Å²) in [5.74, 6) is 0.520. The summed E-state index contributed by atoms with van der Waals surface area (Å²) in [5.41, 5.74) is 2.19. The van der Waals surface area contributed by atoms with E-state index < -0.39 is 5.97 Å². The lowest BCUT2D eigenvalue weighted by molar-refractivity contribution is -0.143. The summed E-state index contributed by atoms with van der Waals surface area (Å²) in [6, 6.07) is 14.3. The Morgan fingerprint density at radius 3 is 2.57 bits per heavy atom. The number of aliphatic carboxylic acids is 1. The van der Waals surface area contributed by atoms with E-state index in [1.165, 1.54) is 0 Å². The van der Waals surface area contributed by atoms with E-state index in [1.54, 1.807) is 20.4 Å². The number of likely N-dealkylation sites (tertiary alicyclic amines) is 1. The number of methoxy groups -OCH3 is 2. The molecule has 0 spiro atoms. The summed E-state index contributed by atoms with van der Waals surface area (Å²) >= 11 is 0. The Bertz CT molecular complexity index is 1040. The molecule has 1 saturated heterocycles. The third-order valence-electron chi connectivity index (χ3n) is 5.96. The third kappa shape index (κ3) is 3.96. The number of hydrogen-bond donors (Lipinski definition) is 1. The summed E-state index contributed by atoms with van der Waals surface area (Å²) in [5, 5.41) is 11.6. The molecular weight excluding hydrogens is 380 g/mol. The molecule has 2 heterocycles. The first-order chi connectivity index (χ1) is 14.6. The molecule has 0 saturated carbocycles. The van der Waals surface area contributed by atoms with E-state index in [2.05, 4.69) is 28.1 Å². The topological polar surface area (TPSA) is 71.9 Å². The monoisotopic (exact) mass is 406 g/mol. The highest BCUT2D eigenvalue weighted by atomic mass is 16.5. The van der Waals surface area contributed by atoms with Crippen molar-refractivity contribution < 1.29 is 19.4 Å². The van der Waals surface area contributed by atoms with Gasteiger partial charge in [0, 0.05) is 29.4 Å². The maximum Gasteiger partial charge on any atom is 0.306 e. The smallest absolute Gasteiger partial charge is 0.306 e. The first-order valence-corrected chi connectivity index (χ1v) is 10.1. The number of pyridine rings is 1. The summed E-state index contributed by atoms with van der Waals surface area (Å²) in [6.45, 7) is 1.43. The van der Waals surface area contributed by atoms with Gasteiger partial charge >= 0.3 is 5.97 Å². The highest BCUT2D eigenvalue weighted by Crippen LogP contribution is 2.39. The van der Waals surface area contributed by atoms with E-state index in [9.17, 15) is 9.90 Å². The zero-order chi connectivity index (χ0) is 21.1. The Morgan fingerprint density at radius 1 is 1.07 bits per heavy atom. The van der Waals surface area contributed by atoms with Crippen LogP contribution >= 0.6 is 0 Å². The average Bonchev–Trinajstić information content (AvgIpc) is 2.79. The van der Waals surface area contributed by atoms with Crippen LogP contribution in [0.1, 0.15) is 30.0 Å². The van der Waals surface area contributed by atoms with Crippen LogP contribution in [0.3, 0.4) is 0 Å². The van der Waals surface area contributed by atoms with Gasteiger partial charge in [0.1, 0.15) is 11.5 Å². The molecule has 1 fully saturated rings. The van der Waals surface area contributed by atoms with E-state index in [-0.39, 0.29) is 12.0 Å². The highest BCUT2D eigenvalue weighted by Gasteiger charge is 2.31. The molecule has 0 bridgehead atoms. The predicted octanol–water partition coefficient (Wildman–Crippen LogP) is 4.14. The van der Waals surface area contributed by atoms with E-state index in [0.717, 1.165) is 33.4 Å². The minimum Gasteiger partial charge on any atom is -0.497 e. The van der Waals surface area contributed by atoms with Gasteiger partial charge in [-0.05, 0) is 61.1 Å². The predicted molar refractivity (Wildman–Crippen MR) is 115 cm³/mol. The van der Waals surface area contributed by atoms with Gasteiger partial charge < -0.3 is 14.6 Å². The first kappa shape index (κ1) is 20.2. The Balaban J connectivity index is 1.78. The minimum absolute atomic E-state index is 0.0434. The van der Waals surface area contributed by atoms with Gasteiger partial charge in [0.25, 0.3) is 0 Å². The van der Waals surface area contributed by atoms with Gasteiger partial charge in [-0.2, -0.15) is 0 Å². The van der Waals surface area contributed by atoms with Gasteiger partial charge in [0.2, 0.25) is 0 Å². The number of benzene rings is 2. The van der Waals surface area contributed by atoms with Crippen LogP contribution in [0, 0.1) is 5.92 Å². The van der Waals surface area contributed by atoms with Crippen LogP contribution in [-0.2, 0) is 4.79 Å². The normalized spacial score (nSPS) is 16.3. The van der Waals surface area contributed by atoms with E-state index in [1.807, 2.05) is 30.5 Å². The molecule has 156 valence electrons. The average molecular weight is 406 g/mol. The molecule has 1 aliphatic heterocycles. The lowest BCUT2D eigenvalue weighted by Crippen LogP contribution is -2.39. The van der Waals surface area contributed by atoms with Crippen LogP contribution in [0.15, 0.2) is 54.9 Å². The molecule has 3 aromatic rings. The number of nitrogens with zero attached hydrogens (tertiary/aromatic N) is 2. The van der Waals surface area contributed by atoms with Crippen molar-refractivity contribution in [3.8, 4) is 11.5 Å². The molecule has 1 N–H and O–H groups in total. The molecule has 4 rings (SSSR count). The lowest BCUT2D eigenvalue weighted by atomic mass is 9.90. The molecule has 0 radical (unpaired) electrons. The molecule has 30 heavy (non-hydrogen) atoms. The first-order valence-electron chi connectivity index (χ1n) is 10.1. The molecule has 2 aromatic carbocycles. The summed E-state index contributed by atoms with van der Waals surface area (Å²) < 4.78 is 11.1. The number of carbonyl (C=O) groups is 1. The van der Waals surface area contributed by atoms with Gasteiger partial charge in [-0.1, -0.05) is 12.1 Å². The molecular formula is C24H26N2O4. The maximum absolute atomic E-state index is 11.4. The largest absolute Gasteiger partial charge is 0.497 e. The zero-order valence-electron chi connectivity index (χ0n) is 17.2. The van der Waals surface area contributed by atoms with Crippen LogP contribution in [0.25, 0.3) is 10.8 Å². The van der Waals surface area contributed by atoms with Crippen LogP contribution in [-0.4, -0.2) is 48.3 Å². The van der Waals surface area contributed by atoms with E-state index >= 15 is 0 Å². The van der Waals surface area contributed by atoms with Crippen molar-refractivity contribution in [2.75, 3.05) is 27.3 Å². The number of fused-ring (bicyclic) bond motifs is 1. The second-order valence-electron chi connectivity index (χ2n) is 7.64. The Labute approximate surface area is 176 Å². The highest BCUT2D eigenvalue weighted by molar-refractivity contribution is 5.82. The second-order valence-corrected chi connectivity index (χ2v) is 7.64. The number of hydrogen-bond acceptors (Lipinski definition) is 5. The quantitative estimate of drug-likeness (QED) is 0.663. The third-order valence-corrected chi connectivity index (χ3v) is 5.96. The van der Waals surface area contributed by atoms with Crippen molar-refractivity contribution >= 4 is 16.7 Å².